The number of nitrogens with zero attached hydrogens (tertiary/aromatic N) is 2. The van der Waals surface area contributed by atoms with Crippen molar-refractivity contribution in [3.8, 4) is 11.3 Å². The number of carbonyl (C=O) groups is 2. The summed E-state index contributed by atoms with van der Waals surface area (Å²) in [5.41, 5.74) is 6.76. The second-order valence-electron chi connectivity index (χ2n) is 7.89. The van der Waals surface area contributed by atoms with Crippen LogP contribution >= 0.6 is 0 Å². The molecule has 10 nitrogen and oxygen atoms in total. The van der Waals surface area contributed by atoms with E-state index < -0.39 is 27.9 Å². The smallest absolute Gasteiger partial charge is 0.272 e. The molecule has 2 heterocycles. The Hall–Kier alpha value is -3.99. The van der Waals surface area contributed by atoms with E-state index in [2.05, 4.69) is 30.8 Å². The van der Waals surface area contributed by atoms with Gasteiger partial charge in [-0.25, -0.2) is 8.42 Å². The van der Waals surface area contributed by atoms with Gasteiger partial charge in [-0.2, -0.15) is 5.10 Å². The van der Waals surface area contributed by atoms with Gasteiger partial charge in [-0.1, -0.05) is 62.7 Å². The fourth-order valence-corrected chi connectivity index (χ4v) is 4.73. The number of hydrogen-bond acceptors (Lipinski definition) is 6. The topological polar surface area (TPSA) is 145 Å². The van der Waals surface area contributed by atoms with Crippen LogP contribution in [0.2, 0.25) is 0 Å². The van der Waals surface area contributed by atoms with Crippen molar-refractivity contribution in [1.82, 2.24) is 25.8 Å². The maximum Gasteiger partial charge on any atom is 0.287 e. The van der Waals surface area contributed by atoms with Crippen LogP contribution in [0, 0.1) is 5.92 Å². The number of hydrazine groups is 1. The molecule has 2 aromatic carbocycles. The number of H-pyrrole nitrogens is 1. The Morgan fingerprint density at radius 1 is 1.06 bits per heavy atom. The van der Waals surface area contributed by atoms with E-state index in [1.165, 1.54) is 6.07 Å². The average molecular weight is 481 g/mol. The summed E-state index contributed by atoms with van der Waals surface area (Å²) in [4.78, 5) is 30.0. The molecule has 34 heavy (non-hydrogen) atoms. The third-order valence-electron chi connectivity index (χ3n) is 5.57. The van der Waals surface area contributed by atoms with Gasteiger partial charge in [-0.3, -0.25) is 35.3 Å². The van der Waals surface area contributed by atoms with Crippen LogP contribution in [0.1, 0.15) is 36.3 Å². The first-order valence-electron chi connectivity index (χ1n) is 10.7. The molecule has 0 spiro atoms. The van der Waals surface area contributed by atoms with Crippen molar-refractivity contribution in [1.29, 1.82) is 0 Å². The first-order valence-corrected chi connectivity index (χ1v) is 12.2. The van der Waals surface area contributed by atoms with E-state index in [0.717, 1.165) is 5.56 Å². The lowest BCUT2D eigenvalue weighted by molar-refractivity contribution is -0.124. The van der Waals surface area contributed by atoms with E-state index in [1.54, 1.807) is 24.3 Å². The monoisotopic (exact) mass is 480 g/mol. The average Bonchev–Trinajstić information content (AvgIpc) is 3.44. The van der Waals surface area contributed by atoms with Gasteiger partial charge in [0.05, 0.1) is 10.6 Å². The zero-order valence-corrected chi connectivity index (χ0v) is 19.4. The van der Waals surface area contributed by atoms with Crippen LogP contribution in [0.15, 0.2) is 70.6 Å². The van der Waals surface area contributed by atoms with Crippen molar-refractivity contribution in [3.63, 3.8) is 0 Å². The van der Waals surface area contributed by atoms with E-state index in [4.69, 9.17) is 0 Å². The van der Waals surface area contributed by atoms with Crippen LogP contribution in [-0.4, -0.2) is 42.3 Å². The molecule has 0 fully saturated rings. The highest BCUT2D eigenvalue weighted by molar-refractivity contribution is 7.90. The molecule has 4 rings (SSSR count). The fourth-order valence-electron chi connectivity index (χ4n) is 3.49. The third kappa shape index (κ3) is 4.69. The number of amides is 2. The second-order valence-corrected chi connectivity index (χ2v) is 9.54. The van der Waals surface area contributed by atoms with Crippen molar-refractivity contribution in [3.05, 3.63) is 71.9 Å². The molecule has 2 atom stereocenters. The van der Waals surface area contributed by atoms with E-state index >= 15 is 0 Å². The molecule has 0 aliphatic carbocycles. The van der Waals surface area contributed by atoms with Gasteiger partial charge < -0.3 is 0 Å². The van der Waals surface area contributed by atoms with Gasteiger partial charge in [0.2, 0.25) is 0 Å². The minimum absolute atomic E-state index is 0.100. The molecule has 2 amide bonds. The van der Waals surface area contributed by atoms with Crippen LogP contribution in [0.5, 0.6) is 0 Å². The Balaban J connectivity index is 1.49. The zero-order valence-electron chi connectivity index (χ0n) is 18.6. The number of hydrogen-bond donors (Lipinski definition) is 4. The number of aromatic nitrogens is 2. The van der Waals surface area contributed by atoms with Gasteiger partial charge in [0.25, 0.3) is 21.8 Å². The molecule has 0 radical (unpaired) electrons. The lowest BCUT2D eigenvalue weighted by Gasteiger charge is -2.19. The van der Waals surface area contributed by atoms with Crippen LogP contribution in [0.25, 0.3) is 11.3 Å². The van der Waals surface area contributed by atoms with Crippen LogP contribution < -0.4 is 15.6 Å². The molecule has 1 aromatic heterocycles. The number of sulfonamides is 1. The lowest BCUT2D eigenvalue weighted by Crippen LogP contribution is -2.48. The quantitative estimate of drug-likeness (QED) is 0.399. The molecule has 1 aliphatic rings. The number of carbonyl (C=O) groups excluding carboxylic acids is 2. The van der Waals surface area contributed by atoms with E-state index in [0.29, 0.717) is 17.7 Å². The van der Waals surface area contributed by atoms with Gasteiger partial charge in [-0.15, -0.1) is 0 Å². The molecular formula is C23H24N6O4S. The predicted octanol–water partition coefficient (Wildman–Crippen LogP) is 1.99. The third-order valence-corrected chi connectivity index (χ3v) is 6.97. The summed E-state index contributed by atoms with van der Waals surface area (Å²) in [7, 11) is -3.73. The Bertz CT molecular complexity index is 1350. The van der Waals surface area contributed by atoms with E-state index in [-0.39, 0.29) is 22.3 Å². The highest BCUT2D eigenvalue weighted by Gasteiger charge is 2.33. The van der Waals surface area contributed by atoms with Gasteiger partial charge in [-0.05, 0) is 24.1 Å². The molecule has 1 aliphatic heterocycles. The van der Waals surface area contributed by atoms with Crippen molar-refractivity contribution >= 4 is 27.7 Å². The molecule has 0 bridgehead atoms. The van der Waals surface area contributed by atoms with Gasteiger partial charge in [0.15, 0.2) is 0 Å². The Kier molecular flexibility index (Phi) is 6.46. The molecule has 0 saturated carbocycles. The van der Waals surface area contributed by atoms with Gasteiger partial charge in [0, 0.05) is 11.1 Å². The summed E-state index contributed by atoms with van der Waals surface area (Å²) in [6, 6.07) is 16.4. The highest BCUT2D eigenvalue weighted by atomic mass is 32.2. The molecule has 4 N–H and O–H groups in total. The lowest BCUT2D eigenvalue weighted by atomic mass is 9.99. The number of aromatic amines is 1. The Morgan fingerprint density at radius 3 is 2.50 bits per heavy atom. The largest absolute Gasteiger partial charge is 0.287 e. The summed E-state index contributed by atoms with van der Waals surface area (Å²) in [6.45, 7) is 3.72. The second kappa shape index (κ2) is 9.48. The van der Waals surface area contributed by atoms with Crippen LogP contribution in [-0.2, 0) is 14.8 Å². The zero-order chi connectivity index (χ0) is 24.3. The maximum absolute atomic E-state index is 12.9. The molecular weight excluding hydrogens is 456 g/mol. The van der Waals surface area contributed by atoms with Crippen LogP contribution in [0.3, 0.4) is 0 Å². The summed E-state index contributed by atoms with van der Waals surface area (Å²) in [5, 5.41) is 6.78. The standard InChI is InChI=1S/C23H24N6O4S/c1-3-14(2)20(24-21-16-11-7-8-12-19(16)34(32,33)29-21)23(31)28-27-22(30)18-13-17(25-26-18)15-9-5-4-6-10-15/h4-14,20H,3H2,1-2H3,(H,24,29)(H,25,26)(H,27,30)(H,28,31)/t14-,20-/m0/s1. The number of fused-ring (bicyclic) bond motifs is 1. The minimum atomic E-state index is -3.73. The molecule has 0 saturated heterocycles. The van der Waals surface area contributed by atoms with Gasteiger partial charge >= 0.3 is 0 Å². The van der Waals surface area contributed by atoms with Crippen molar-refractivity contribution in [2.24, 2.45) is 10.9 Å². The number of nitrogens with one attached hydrogen (secondary N) is 4. The van der Waals surface area contributed by atoms with E-state index in [9.17, 15) is 18.0 Å². The van der Waals surface area contributed by atoms with Crippen molar-refractivity contribution in [2.75, 3.05) is 0 Å². The Morgan fingerprint density at radius 2 is 1.76 bits per heavy atom. The van der Waals surface area contributed by atoms with Crippen molar-refractivity contribution in [2.45, 2.75) is 31.2 Å². The fraction of sp³-hybridized carbons (Fsp3) is 0.217. The van der Waals surface area contributed by atoms with Gasteiger partial charge in [0.1, 0.15) is 17.6 Å². The van der Waals surface area contributed by atoms with E-state index in [1.807, 2.05) is 44.2 Å². The summed E-state index contributed by atoms with van der Waals surface area (Å²) >= 11 is 0. The normalized spacial score (nSPS) is 16.8. The molecule has 11 heteroatoms. The molecule has 176 valence electrons. The number of amidine groups is 1. The Labute approximate surface area is 196 Å². The summed E-state index contributed by atoms with van der Waals surface area (Å²) in [6.07, 6.45) is 0.609. The molecule has 0 unspecified atom stereocenters. The SMILES string of the molecule is CC[C@H](C)[C@H](N=C1NS(=O)(=O)c2ccccc21)C(=O)NNC(=O)c1cc(-c2ccccc2)n[nH]1. The maximum atomic E-state index is 12.9. The summed E-state index contributed by atoms with van der Waals surface area (Å²) < 4.78 is 27.2. The first-order chi connectivity index (χ1) is 16.3. The summed E-state index contributed by atoms with van der Waals surface area (Å²) in [5.74, 6) is -1.27. The minimum Gasteiger partial charge on any atom is -0.272 e. The van der Waals surface area contributed by atoms with Crippen molar-refractivity contribution < 1.29 is 18.0 Å². The predicted molar refractivity (Wildman–Crippen MR) is 126 cm³/mol. The highest BCUT2D eigenvalue weighted by Crippen LogP contribution is 2.24. The van der Waals surface area contributed by atoms with Crippen LogP contribution in [0.4, 0.5) is 0 Å². The first kappa shape index (κ1) is 23.2. The number of rotatable bonds is 6. The molecule has 3 aromatic rings. The number of benzene rings is 2. The number of aliphatic imine (C=N–C) groups is 1.